The number of carbonyl (C=O) groups excluding carboxylic acids is 1. The average molecular weight is 458 g/mol. The maximum atomic E-state index is 13.2. The van der Waals surface area contributed by atoms with Gasteiger partial charge in [-0.2, -0.15) is 5.10 Å². The Balaban J connectivity index is 1.53. The lowest BCUT2D eigenvalue weighted by Crippen LogP contribution is -2.21. The van der Waals surface area contributed by atoms with Crippen molar-refractivity contribution in [2.24, 2.45) is 7.05 Å². The molecular weight excluding hydrogens is 437 g/mol. The van der Waals surface area contributed by atoms with Gasteiger partial charge in [-0.15, -0.1) is 11.3 Å². The highest BCUT2D eigenvalue weighted by Crippen LogP contribution is 2.28. The van der Waals surface area contributed by atoms with Gasteiger partial charge in [0, 0.05) is 18.0 Å². The molecular formula is C21H20FN5O2S2. The van der Waals surface area contributed by atoms with E-state index in [1.807, 2.05) is 20.8 Å². The standard InChI is InChI=1S/C21H20FN5O2S2/c1-11-9-16(27(25-11)15-7-5-14(22)6-8-15)23-17(28)10-30-21-24-19-18(20(29)26(21)4)12(2)13(3)31-19/h5-9H,10H2,1-4H3,(H,23,28). The van der Waals surface area contributed by atoms with E-state index >= 15 is 0 Å². The van der Waals surface area contributed by atoms with Crippen LogP contribution in [0.3, 0.4) is 0 Å². The van der Waals surface area contributed by atoms with E-state index < -0.39 is 0 Å². The lowest BCUT2D eigenvalue weighted by atomic mass is 10.2. The van der Waals surface area contributed by atoms with E-state index in [4.69, 9.17) is 0 Å². The number of rotatable bonds is 5. The van der Waals surface area contributed by atoms with E-state index in [-0.39, 0.29) is 23.0 Å². The van der Waals surface area contributed by atoms with Crippen molar-refractivity contribution < 1.29 is 9.18 Å². The summed E-state index contributed by atoms with van der Waals surface area (Å²) < 4.78 is 16.3. The number of nitrogens with zero attached hydrogens (tertiary/aromatic N) is 4. The predicted octanol–water partition coefficient (Wildman–Crippen LogP) is 3.98. The van der Waals surface area contributed by atoms with Crippen LogP contribution in [0.1, 0.15) is 16.1 Å². The van der Waals surface area contributed by atoms with E-state index in [0.717, 1.165) is 10.4 Å². The number of thiophene rings is 1. The summed E-state index contributed by atoms with van der Waals surface area (Å²) in [6.07, 6.45) is 0. The number of halogens is 1. The molecule has 0 unspecified atom stereocenters. The van der Waals surface area contributed by atoms with Crippen LogP contribution in [0.5, 0.6) is 0 Å². The van der Waals surface area contributed by atoms with Crippen molar-refractivity contribution in [1.29, 1.82) is 0 Å². The van der Waals surface area contributed by atoms with Crippen LogP contribution in [-0.4, -0.2) is 31.0 Å². The topological polar surface area (TPSA) is 81.8 Å². The molecule has 1 N–H and O–H groups in total. The number of hydrogen-bond donors (Lipinski definition) is 1. The van der Waals surface area contributed by atoms with E-state index in [0.29, 0.717) is 32.6 Å². The highest BCUT2D eigenvalue weighted by atomic mass is 32.2. The van der Waals surface area contributed by atoms with Gasteiger partial charge in [-0.25, -0.2) is 14.1 Å². The van der Waals surface area contributed by atoms with Crippen LogP contribution < -0.4 is 10.9 Å². The Labute approximate surface area is 185 Å². The first-order chi connectivity index (χ1) is 14.7. The minimum atomic E-state index is -0.346. The van der Waals surface area contributed by atoms with Gasteiger partial charge in [0.1, 0.15) is 16.5 Å². The molecule has 1 amide bonds. The van der Waals surface area contributed by atoms with Crippen molar-refractivity contribution in [2.75, 3.05) is 11.1 Å². The van der Waals surface area contributed by atoms with Gasteiger partial charge >= 0.3 is 0 Å². The van der Waals surface area contributed by atoms with Crippen LogP contribution in [0.4, 0.5) is 10.2 Å². The third-order valence-corrected chi connectivity index (χ3v) is 7.00. The van der Waals surface area contributed by atoms with E-state index in [1.165, 1.54) is 39.8 Å². The van der Waals surface area contributed by atoms with Crippen molar-refractivity contribution in [3.05, 3.63) is 62.6 Å². The molecule has 4 rings (SSSR count). The molecule has 0 saturated heterocycles. The molecule has 0 fully saturated rings. The van der Waals surface area contributed by atoms with Crippen molar-refractivity contribution in [3.63, 3.8) is 0 Å². The molecule has 7 nitrogen and oxygen atoms in total. The number of nitrogens with one attached hydrogen (secondary N) is 1. The van der Waals surface area contributed by atoms with Gasteiger partial charge in [0.25, 0.3) is 5.56 Å². The van der Waals surface area contributed by atoms with E-state index in [2.05, 4.69) is 15.4 Å². The van der Waals surface area contributed by atoms with Gasteiger partial charge < -0.3 is 5.32 Å². The summed E-state index contributed by atoms with van der Waals surface area (Å²) in [5, 5.41) is 8.32. The fraction of sp³-hybridized carbons (Fsp3) is 0.238. The molecule has 4 aromatic rings. The minimum Gasteiger partial charge on any atom is -0.310 e. The second-order valence-electron chi connectivity index (χ2n) is 7.12. The molecule has 3 heterocycles. The van der Waals surface area contributed by atoms with Crippen LogP contribution >= 0.6 is 23.1 Å². The molecule has 0 bridgehead atoms. The highest BCUT2D eigenvalue weighted by Gasteiger charge is 2.17. The second kappa shape index (κ2) is 8.27. The molecule has 0 aliphatic rings. The van der Waals surface area contributed by atoms with Gasteiger partial charge in [-0.1, -0.05) is 11.8 Å². The molecule has 0 aliphatic carbocycles. The van der Waals surface area contributed by atoms with Crippen molar-refractivity contribution in [3.8, 4) is 5.69 Å². The molecule has 31 heavy (non-hydrogen) atoms. The Morgan fingerprint density at radius 2 is 1.94 bits per heavy atom. The number of anilines is 1. The SMILES string of the molecule is Cc1cc(NC(=O)CSc2nc3sc(C)c(C)c3c(=O)n2C)n(-c2ccc(F)cc2)n1. The first kappa shape index (κ1) is 21.3. The number of thioether (sulfide) groups is 1. The Morgan fingerprint density at radius 3 is 2.65 bits per heavy atom. The Morgan fingerprint density at radius 1 is 1.23 bits per heavy atom. The van der Waals surface area contributed by atoms with Gasteiger partial charge in [0.15, 0.2) is 5.16 Å². The maximum absolute atomic E-state index is 13.2. The zero-order valence-electron chi connectivity index (χ0n) is 17.4. The van der Waals surface area contributed by atoms with Crippen molar-refractivity contribution in [1.82, 2.24) is 19.3 Å². The lowest BCUT2D eigenvalue weighted by molar-refractivity contribution is -0.113. The zero-order valence-corrected chi connectivity index (χ0v) is 19.0. The largest absolute Gasteiger partial charge is 0.310 e. The summed E-state index contributed by atoms with van der Waals surface area (Å²) in [4.78, 5) is 31.7. The molecule has 0 aliphatic heterocycles. The minimum absolute atomic E-state index is 0.0722. The first-order valence-electron chi connectivity index (χ1n) is 9.46. The Kier molecular flexibility index (Phi) is 5.67. The summed E-state index contributed by atoms with van der Waals surface area (Å²) in [5.74, 6) is -0.0542. The quantitative estimate of drug-likeness (QED) is 0.362. The zero-order chi connectivity index (χ0) is 22.3. The number of hydrogen-bond acceptors (Lipinski definition) is 6. The lowest BCUT2D eigenvalue weighted by Gasteiger charge is -2.10. The maximum Gasteiger partial charge on any atom is 0.262 e. The summed E-state index contributed by atoms with van der Waals surface area (Å²) in [6.45, 7) is 5.70. The normalized spacial score (nSPS) is 11.3. The molecule has 0 spiro atoms. The van der Waals surface area contributed by atoms with E-state index in [9.17, 15) is 14.0 Å². The number of aryl methyl sites for hydroxylation is 3. The number of benzene rings is 1. The number of fused-ring (bicyclic) bond motifs is 1. The van der Waals surface area contributed by atoms with Gasteiger partial charge in [-0.3, -0.25) is 14.2 Å². The Bertz CT molecular complexity index is 1360. The predicted molar refractivity (Wildman–Crippen MR) is 122 cm³/mol. The third kappa shape index (κ3) is 4.13. The summed E-state index contributed by atoms with van der Waals surface area (Å²) in [7, 11) is 1.66. The third-order valence-electron chi connectivity index (χ3n) is 4.87. The summed E-state index contributed by atoms with van der Waals surface area (Å²) in [6, 6.07) is 7.59. The average Bonchev–Trinajstić information content (AvgIpc) is 3.23. The monoisotopic (exact) mass is 457 g/mol. The number of carbonyl (C=O) groups is 1. The van der Waals surface area contributed by atoms with Gasteiger partial charge in [0.05, 0.1) is 22.5 Å². The molecule has 160 valence electrons. The van der Waals surface area contributed by atoms with Gasteiger partial charge in [0.2, 0.25) is 5.91 Å². The molecule has 10 heteroatoms. The molecule has 0 atom stereocenters. The fourth-order valence-corrected chi connectivity index (χ4v) is 5.00. The molecule has 0 saturated carbocycles. The highest BCUT2D eigenvalue weighted by molar-refractivity contribution is 7.99. The van der Waals surface area contributed by atoms with Crippen LogP contribution in [0, 0.1) is 26.6 Å². The Hall–Kier alpha value is -2.98. The van der Waals surface area contributed by atoms with Crippen LogP contribution in [-0.2, 0) is 11.8 Å². The van der Waals surface area contributed by atoms with Gasteiger partial charge in [-0.05, 0) is 50.6 Å². The van der Waals surface area contributed by atoms with Crippen LogP contribution in [0.25, 0.3) is 15.9 Å². The molecule has 0 radical (unpaired) electrons. The molecule has 3 aromatic heterocycles. The summed E-state index contributed by atoms with van der Waals surface area (Å²) >= 11 is 2.68. The van der Waals surface area contributed by atoms with Crippen LogP contribution in [0.15, 0.2) is 40.3 Å². The number of aromatic nitrogens is 4. The second-order valence-corrected chi connectivity index (χ2v) is 9.26. The summed E-state index contributed by atoms with van der Waals surface area (Å²) in [5.41, 5.74) is 2.19. The smallest absolute Gasteiger partial charge is 0.262 e. The van der Waals surface area contributed by atoms with Crippen molar-refractivity contribution in [2.45, 2.75) is 25.9 Å². The molecule has 1 aromatic carbocycles. The first-order valence-corrected chi connectivity index (χ1v) is 11.3. The van der Waals surface area contributed by atoms with E-state index in [1.54, 1.807) is 29.9 Å². The fourth-order valence-electron chi connectivity index (χ4n) is 3.16. The number of amides is 1. The van der Waals surface area contributed by atoms with Crippen molar-refractivity contribution >= 4 is 45.0 Å². The van der Waals surface area contributed by atoms with Crippen LogP contribution in [0.2, 0.25) is 0 Å².